The van der Waals surface area contributed by atoms with Crippen molar-refractivity contribution in [3.05, 3.63) is 16.9 Å². The van der Waals surface area contributed by atoms with Gasteiger partial charge in [-0.25, -0.2) is 4.98 Å². The predicted molar refractivity (Wildman–Crippen MR) is 49.8 cm³/mol. The Morgan fingerprint density at radius 3 is 2.83 bits per heavy atom. The maximum atomic E-state index is 5.73. The van der Waals surface area contributed by atoms with E-state index in [0.717, 1.165) is 0 Å². The standard InChI is InChI=1S/C7H8Cl2N2O/c1-12-6-2-4(10)5(3-8)11-7(6)9/h2H,3,10H2,1H3. The topological polar surface area (TPSA) is 48.1 Å². The lowest BCUT2D eigenvalue weighted by Gasteiger charge is -2.05. The molecule has 0 aliphatic rings. The fourth-order valence-electron chi connectivity index (χ4n) is 0.772. The summed E-state index contributed by atoms with van der Waals surface area (Å²) < 4.78 is 4.91. The summed E-state index contributed by atoms with van der Waals surface area (Å²) in [7, 11) is 1.50. The minimum absolute atomic E-state index is 0.246. The van der Waals surface area contributed by atoms with Crippen molar-refractivity contribution in [1.29, 1.82) is 0 Å². The average molecular weight is 207 g/mol. The molecule has 1 heterocycles. The Bertz CT molecular complexity index is 261. The van der Waals surface area contributed by atoms with Crippen molar-refractivity contribution in [3.63, 3.8) is 0 Å². The highest BCUT2D eigenvalue weighted by molar-refractivity contribution is 6.31. The van der Waals surface area contributed by atoms with E-state index in [1.54, 1.807) is 6.07 Å². The molecule has 0 bridgehead atoms. The van der Waals surface area contributed by atoms with E-state index >= 15 is 0 Å². The van der Waals surface area contributed by atoms with Gasteiger partial charge in [0.2, 0.25) is 0 Å². The Balaban J connectivity index is 3.16. The fourth-order valence-corrected chi connectivity index (χ4v) is 1.22. The third-order valence-electron chi connectivity index (χ3n) is 1.40. The summed E-state index contributed by atoms with van der Waals surface area (Å²) in [5, 5.41) is 0.280. The molecule has 66 valence electrons. The van der Waals surface area contributed by atoms with Crippen molar-refractivity contribution in [1.82, 2.24) is 4.98 Å². The van der Waals surface area contributed by atoms with Crippen molar-refractivity contribution in [2.24, 2.45) is 0 Å². The minimum atomic E-state index is 0.246. The quantitative estimate of drug-likeness (QED) is 0.596. The number of nitrogens with zero attached hydrogens (tertiary/aromatic N) is 1. The summed E-state index contributed by atoms with van der Waals surface area (Å²) in [6, 6.07) is 1.60. The zero-order chi connectivity index (χ0) is 9.14. The Morgan fingerprint density at radius 1 is 1.67 bits per heavy atom. The summed E-state index contributed by atoms with van der Waals surface area (Å²) in [6.45, 7) is 0. The third-order valence-corrected chi connectivity index (χ3v) is 1.93. The van der Waals surface area contributed by atoms with Crippen LogP contribution < -0.4 is 10.5 Å². The van der Waals surface area contributed by atoms with Crippen molar-refractivity contribution in [2.45, 2.75) is 5.88 Å². The fraction of sp³-hybridized carbons (Fsp3) is 0.286. The molecule has 1 rings (SSSR count). The van der Waals surface area contributed by atoms with Gasteiger partial charge in [-0.15, -0.1) is 11.6 Å². The van der Waals surface area contributed by atoms with Crippen molar-refractivity contribution < 1.29 is 4.74 Å². The largest absolute Gasteiger partial charge is 0.493 e. The second-order valence-corrected chi connectivity index (χ2v) is 2.78. The van der Waals surface area contributed by atoms with Crippen LogP contribution in [0.4, 0.5) is 5.69 Å². The number of ether oxygens (including phenoxy) is 1. The number of hydrogen-bond donors (Lipinski definition) is 1. The van der Waals surface area contributed by atoms with Crippen molar-refractivity contribution in [3.8, 4) is 5.75 Å². The second-order valence-electron chi connectivity index (χ2n) is 2.15. The van der Waals surface area contributed by atoms with Crippen LogP contribution in [0.3, 0.4) is 0 Å². The van der Waals surface area contributed by atoms with E-state index in [4.69, 9.17) is 33.7 Å². The Morgan fingerprint density at radius 2 is 2.33 bits per heavy atom. The van der Waals surface area contributed by atoms with Crippen LogP contribution in [0, 0.1) is 0 Å². The van der Waals surface area contributed by atoms with Gasteiger partial charge in [0, 0.05) is 6.07 Å². The van der Waals surface area contributed by atoms with Crippen LogP contribution in [-0.4, -0.2) is 12.1 Å². The molecule has 0 aliphatic heterocycles. The number of alkyl halides is 1. The zero-order valence-corrected chi connectivity index (χ0v) is 7.99. The van der Waals surface area contributed by atoms with Crippen LogP contribution in [-0.2, 0) is 5.88 Å². The van der Waals surface area contributed by atoms with Crippen LogP contribution in [0.2, 0.25) is 5.15 Å². The van der Waals surface area contributed by atoms with Gasteiger partial charge in [-0.3, -0.25) is 0 Å². The zero-order valence-electron chi connectivity index (χ0n) is 6.47. The molecule has 0 unspecified atom stereocenters. The van der Waals surface area contributed by atoms with Gasteiger partial charge in [-0.05, 0) is 0 Å². The number of halogens is 2. The Labute approximate surface area is 80.4 Å². The molecule has 0 amide bonds. The molecular formula is C7H8Cl2N2O. The number of pyridine rings is 1. The molecule has 0 radical (unpaired) electrons. The van der Waals surface area contributed by atoms with E-state index in [0.29, 0.717) is 17.1 Å². The van der Waals surface area contributed by atoms with Crippen molar-refractivity contribution in [2.75, 3.05) is 12.8 Å². The van der Waals surface area contributed by atoms with E-state index < -0.39 is 0 Å². The molecular weight excluding hydrogens is 199 g/mol. The maximum Gasteiger partial charge on any atom is 0.171 e. The highest BCUT2D eigenvalue weighted by Gasteiger charge is 2.06. The lowest BCUT2D eigenvalue weighted by Crippen LogP contribution is -1.98. The molecule has 2 N–H and O–H groups in total. The number of anilines is 1. The number of hydrogen-bond acceptors (Lipinski definition) is 3. The molecule has 0 saturated heterocycles. The molecule has 3 nitrogen and oxygen atoms in total. The lowest BCUT2D eigenvalue weighted by molar-refractivity contribution is 0.413. The van der Waals surface area contributed by atoms with E-state index in [2.05, 4.69) is 4.98 Å². The second kappa shape index (κ2) is 3.83. The monoisotopic (exact) mass is 206 g/mol. The molecule has 1 aromatic heterocycles. The molecule has 12 heavy (non-hydrogen) atoms. The maximum absolute atomic E-state index is 5.73. The lowest BCUT2D eigenvalue weighted by atomic mass is 10.3. The molecule has 0 spiro atoms. The van der Waals surface area contributed by atoms with Gasteiger partial charge in [0.05, 0.1) is 24.4 Å². The normalized spacial score (nSPS) is 9.92. The first kappa shape index (κ1) is 9.42. The number of nitrogens with two attached hydrogens (primary N) is 1. The van der Waals surface area contributed by atoms with Crippen LogP contribution in [0.1, 0.15) is 5.69 Å². The van der Waals surface area contributed by atoms with E-state index in [-0.39, 0.29) is 11.0 Å². The smallest absolute Gasteiger partial charge is 0.171 e. The van der Waals surface area contributed by atoms with E-state index in [1.165, 1.54) is 7.11 Å². The number of rotatable bonds is 2. The minimum Gasteiger partial charge on any atom is -0.493 e. The Kier molecular flexibility index (Phi) is 3.00. The first-order valence-corrected chi connectivity index (χ1v) is 4.15. The molecule has 0 atom stereocenters. The molecule has 0 fully saturated rings. The SMILES string of the molecule is COc1cc(N)c(CCl)nc1Cl. The highest BCUT2D eigenvalue weighted by Crippen LogP contribution is 2.26. The van der Waals surface area contributed by atoms with E-state index in [9.17, 15) is 0 Å². The van der Waals surface area contributed by atoms with Gasteiger partial charge in [-0.1, -0.05) is 11.6 Å². The van der Waals surface area contributed by atoms with Gasteiger partial charge in [0.15, 0.2) is 10.9 Å². The molecule has 0 aromatic carbocycles. The van der Waals surface area contributed by atoms with Crippen LogP contribution in [0.15, 0.2) is 6.07 Å². The first-order chi connectivity index (χ1) is 5.69. The predicted octanol–water partition coefficient (Wildman–Crippen LogP) is 2.06. The number of methoxy groups -OCH3 is 1. The number of nitrogen functional groups attached to an aromatic ring is 1. The van der Waals surface area contributed by atoms with Gasteiger partial charge >= 0.3 is 0 Å². The highest BCUT2D eigenvalue weighted by atomic mass is 35.5. The van der Waals surface area contributed by atoms with Crippen LogP contribution in [0.25, 0.3) is 0 Å². The Hall–Kier alpha value is -0.670. The molecule has 5 heteroatoms. The third kappa shape index (κ3) is 1.73. The van der Waals surface area contributed by atoms with Gasteiger partial charge in [0.25, 0.3) is 0 Å². The summed E-state index contributed by atoms with van der Waals surface area (Å²) >= 11 is 11.3. The average Bonchev–Trinajstić information content (AvgIpc) is 2.08. The van der Waals surface area contributed by atoms with E-state index in [1.807, 2.05) is 0 Å². The summed E-state index contributed by atoms with van der Waals surface area (Å²) in [4.78, 5) is 3.95. The summed E-state index contributed by atoms with van der Waals surface area (Å²) in [5.41, 5.74) is 6.65. The first-order valence-electron chi connectivity index (χ1n) is 3.24. The van der Waals surface area contributed by atoms with Gasteiger partial charge in [-0.2, -0.15) is 0 Å². The van der Waals surface area contributed by atoms with Gasteiger partial charge in [0.1, 0.15) is 0 Å². The van der Waals surface area contributed by atoms with Crippen LogP contribution in [0.5, 0.6) is 5.75 Å². The van der Waals surface area contributed by atoms with Crippen LogP contribution >= 0.6 is 23.2 Å². The summed E-state index contributed by atoms with van der Waals surface area (Å²) in [5.74, 6) is 0.707. The molecule has 1 aromatic rings. The van der Waals surface area contributed by atoms with Crippen molar-refractivity contribution >= 4 is 28.9 Å². The molecule has 0 saturated carbocycles. The summed E-state index contributed by atoms with van der Waals surface area (Å²) in [6.07, 6.45) is 0. The number of aromatic nitrogens is 1. The molecule has 0 aliphatic carbocycles. The van der Waals surface area contributed by atoms with Gasteiger partial charge < -0.3 is 10.5 Å².